The minimum Gasteiger partial charge on any atom is -0.366 e. The molecule has 0 fully saturated rings. The lowest BCUT2D eigenvalue weighted by Crippen LogP contribution is -2.17. The number of aryl methyl sites for hydroxylation is 1. The van der Waals surface area contributed by atoms with Crippen LogP contribution in [-0.2, 0) is 16.2 Å². The Bertz CT molecular complexity index is 876. The molecule has 0 unspecified atom stereocenters. The van der Waals surface area contributed by atoms with Gasteiger partial charge in [0.25, 0.3) is 10.0 Å². The molecule has 5 nitrogen and oxygen atoms in total. The second-order valence-corrected chi connectivity index (χ2v) is 6.70. The second kappa shape index (κ2) is 6.16. The van der Waals surface area contributed by atoms with E-state index >= 15 is 0 Å². The van der Waals surface area contributed by atoms with E-state index in [2.05, 4.69) is 4.72 Å². The van der Waals surface area contributed by atoms with E-state index in [9.17, 15) is 26.4 Å². The first-order chi connectivity index (χ1) is 11.0. The molecule has 2 aromatic carbocycles. The fourth-order valence-corrected chi connectivity index (χ4v) is 3.06. The van der Waals surface area contributed by atoms with E-state index < -0.39 is 27.7 Å². The first-order valence-electron chi connectivity index (χ1n) is 6.61. The van der Waals surface area contributed by atoms with Gasteiger partial charge in [-0.2, -0.15) is 13.2 Å². The Morgan fingerprint density at radius 3 is 2.17 bits per heavy atom. The van der Waals surface area contributed by atoms with Crippen LogP contribution in [0.2, 0.25) is 0 Å². The van der Waals surface area contributed by atoms with E-state index in [0.717, 1.165) is 30.3 Å². The van der Waals surface area contributed by atoms with Crippen molar-refractivity contribution in [2.45, 2.75) is 18.0 Å². The lowest BCUT2D eigenvalue weighted by atomic mass is 10.1. The fraction of sp³-hybridized carbons (Fsp3) is 0.133. The third kappa shape index (κ3) is 3.85. The van der Waals surface area contributed by atoms with Gasteiger partial charge in [0.05, 0.1) is 10.5 Å². The van der Waals surface area contributed by atoms with Gasteiger partial charge in [0.15, 0.2) is 0 Å². The Hall–Kier alpha value is -2.55. The number of alkyl halides is 3. The lowest BCUT2D eigenvalue weighted by molar-refractivity contribution is -0.137. The van der Waals surface area contributed by atoms with Crippen LogP contribution in [0.25, 0.3) is 0 Å². The topological polar surface area (TPSA) is 89.3 Å². The second-order valence-electron chi connectivity index (χ2n) is 5.02. The van der Waals surface area contributed by atoms with Gasteiger partial charge in [-0.3, -0.25) is 9.52 Å². The number of hydrogen-bond acceptors (Lipinski definition) is 3. The summed E-state index contributed by atoms with van der Waals surface area (Å²) < 4.78 is 64.2. The van der Waals surface area contributed by atoms with Crippen LogP contribution >= 0.6 is 0 Å². The molecular formula is C15H13F3N2O3S. The molecule has 0 radical (unpaired) electrons. The lowest BCUT2D eigenvalue weighted by Gasteiger charge is -2.11. The molecule has 0 aromatic heterocycles. The highest BCUT2D eigenvalue weighted by Crippen LogP contribution is 2.30. The van der Waals surface area contributed by atoms with Crippen molar-refractivity contribution in [1.82, 2.24) is 0 Å². The van der Waals surface area contributed by atoms with Crippen molar-refractivity contribution < 1.29 is 26.4 Å². The van der Waals surface area contributed by atoms with Crippen LogP contribution in [0.3, 0.4) is 0 Å². The van der Waals surface area contributed by atoms with Crippen molar-refractivity contribution in [1.29, 1.82) is 0 Å². The smallest absolute Gasteiger partial charge is 0.366 e. The maximum Gasteiger partial charge on any atom is 0.416 e. The SMILES string of the molecule is Cc1ccc(S(=O)(=O)Nc2ccc(C(F)(F)F)cc2)cc1C(N)=O. The Morgan fingerprint density at radius 2 is 1.67 bits per heavy atom. The van der Waals surface area contributed by atoms with Crippen molar-refractivity contribution >= 4 is 21.6 Å². The Balaban J connectivity index is 2.32. The number of nitrogens with two attached hydrogens (primary N) is 1. The predicted molar refractivity (Wildman–Crippen MR) is 81.9 cm³/mol. The quantitative estimate of drug-likeness (QED) is 0.881. The number of rotatable bonds is 4. The summed E-state index contributed by atoms with van der Waals surface area (Å²) in [7, 11) is -4.07. The van der Waals surface area contributed by atoms with E-state index in [1.807, 2.05) is 0 Å². The molecule has 2 aromatic rings. The van der Waals surface area contributed by atoms with Gasteiger partial charge in [0.1, 0.15) is 0 Å². The van der Waals surface area contributed by atoms with Gasteiger partial charge in [-0.15, -0.1) is 0 Å². The number of amides is 1. The number of primary amides is 1. The molecule has 0 saturated heterocycles. The standard InChI is InChI=1S/C15H13F3N2O3S/c1-9-2-7-12(8-13(9)14(19)21)24(22,23)20-11-5-3-10(4-6-11)15(16,17)18/h2-8,20H,1H3,(H2,19,21). The van der Waals surface area contributed by atoms with Gasteiger partial charge in [-0.25, -0.2) is 8.42 Å². The summed E-state index contributed by atoms with van der Waals surface area (Å²) in [6.45, 7) is 1.60. The average Bonchev–Trinajstić information content (AvgIpc) is 2.46. The Labute approximate surface area is 136 Å². The molecule has 0 heterocycles. The highest BCUT2D eigenvalue weighted by atomic mass is 32.2. The van der Waals surface area contributed by atoms with Crippen LogP contribution in [0, 0.1) is 6.92 Å². The third-order valence-electron chi connectivity index (χ3n) is 3.25. The monoisotopic (exact) mass is 358 g/mol. The number of halogens is 3. The third-order valence-corrected chi connectivity index (χ3v) is 4.63. The maximum absolute atomic E-state index is 12.5. The minimum absolute atomic E-state index is 0.0378. The largest absolute Gasteiger partial charge is 0.416 e. The van der Waals surface area contributed by atoms with Crippen molar-refractivity contribution in [3.63, 3.8) is 0 Å². The molecular weight excluding hydrogens is 345 g/mol. The zero-order valence-corrected chi connectivity index (χ0v) is 13.2. The van der Waals surface area contributed by atoms with Gasteiger partial charge in [-0.1, -0.05) is 6.07 Å². The van der Waals surface area contributed by atoms with Gasteiger partial charge in [0, 0.05) is 11.3 Å². The summed E-state index contributed by atoms with van der Waals surface area (Å²) in [5.74, 6) is -0.779. The summed E-state index contributed by atoms with van der Waals surface area (Å²) >= 11 is 0. The number of hydrogen-bond donors (Lipinski definition) is 2. The van der Waals surface area contributed by atoms with Crippen molar-refractivity contribution in [2.24, 2.45) is 5.73 Å². The van der Waals surface area contributed by atoms with Crippen LogP contribution in [0.5, 0.6) is 0 Å². The van der Waals surface area contributed by atoms with Crippen LogP contribution < -0.4 is 10.5 Å². The zero-order valence-electron chi connectivity index (χ0n) is 12.4. The van der Waals surface area contributed by atoms with E-state index in [-0.39, 0.29) is 16.1 Å². The molecule has 1 amide bonds. The van der Waals surface area contributed by atoms with Gasteiger partial charge >= 0.3 is 6.18 Å². The summed E-state index contributed by atoms with van der Waals surface area (Å²) in [4.78, 5) is 11.1. The molecule has 128 valence electrons. The number of sulfonamides is 1. The van der Waals surface area contributed by atoms with Crippen molar-refractivity contribution in [2.75, 3.05) is 4.72 Å². The maximum atomic E-state index is 12.5. The summed E-state index contributed by atoms with van der Waals surface area (Å²) in [6.07, 6.45) is -4.51. The Morgan fingerprint density at radius 1 is 1.08 bits per heavy atom. The minimum atomic E-state index is -4.51. The summed E-state index contributed by atoms with van der Waals surface area (Å²) in [5.41, 5.74) is 4.80. The molecule has 0 aliphatic rings. The molecule has 24 heavy (non-hydrogen) atoms. The number of carbonyl (C=O) groups is 1. The first kappa shape index (κ1) is 17.8. The number of nitrogens with one attached hydrogen (secondary N) is 1. The van der Waals surface area contributed by atoms with Crippen LogP contribution in [0.1, 0.15) is 21.5 Å². The molecule has 9 heteroatoms. The number of benzene rings is 2. The molecule has 0 bridgehead atoms. The number of anilines is 1. The highest BCUT2D eigenvalue weighted by molar-refractivity contribution is 7.92. The first-order valence-corrected chi connectivity index (χ1v) is 8.09. The van der Waals surface area contributed by atoms with Crippen molar-refractivity contribution in [3.05, 3.63) is 59.2 Å². The van der Waals surface area contributed by atoms with Crippen LogP contribution in [0.4, 0.5) is 18.9 Å². The zero-order chi connectivity index (χ0) is 18.1. The molecule has 2 rings (SSSR count). The number of carbonyl (C=O) groups excluding carboxylic acids is 1. The summed E-state index contributed by atoms with van der Waals surface area (Å²) in [6, 6.07) is 7.34. The van der Waals surface area contributed by atoms with Crippen LogP contribution in [-0.4, -0.2) is 14.3 Å². The van der Waals surface area contributed by atoms with Crippen molar-refractivity contribution in [3.8, 4) is 0 Å². The van der Waals surface area contributed by atoms with E-state index in [1.54, 1.807) is 6.92 Å². The molecule has 0 saturated carbocycles. The molecule has 0 spiro atoms. The van der Waals surface area contributed by atoms with E-state index in [1.165, 1.54) is 12.1 Å². The van der Waals surface area contributed by atoms with E-state index in [0.29, 0.717) is 5.56 Å². The normalized spacial score (nSPS) is 12.0. The van der Waals surface area contributed by atoms with Gasteiger partial charge in [-0.05, 0) is 48.9 Å². The molecule has 3 N–H and O–H groups in total. The molecule has 0 aliphatic carbocycles. The predicted octanol–water partition coefficient (Wildman–Crippen LogP) is 2.91. The van der Waals surface area contributed by atoms with Crippen LogP contribution in [0.15, 0.2) is 47.4 Å². The molecule has 0 aliphatic heterocycles. The van der Waals surface area contributed by atoms with Gasteiger partial charge < -0.3 is 5.73 Å². The van der Waals surface area contributed by atoms with E-state index in [4.69, 9.17) is 5.73 Å². The Kier molecular flexibility index (Phi) is 4.57. The summed E-state index contributed by atoms with van der Waals surface area (Å²) in [5, 5.41) is 0. The highest BCUT2D eigenvalue weighted by Gasteiger charge is 2.30. The fourth-order valence-electron chi connectivity index (χ4n) is 1.98. The molecule has 0 atom stereocenters. The van der Waals surface area contributed by atoms with Gasteiger partial charge in [0.2, 0.25) is 5.91 Å². The average molecular weight is 358 g/mol.